The summed E-state index contributed by atoms with van der Waals surface area (Å²) in [6.07, 6.45) is -2.29. The first-order valence-corrected chi connectivity index (χ1v) is 14.5. The van der Waals surface area contributed by atoms with E-state index in [-0.39, 0.29) is 11.5 Å². The Morgan fingerprint density at radius 2 is 1.78 bits per heavy atom. The predicted molar refractivity (Wildman–Crippen MR) is 144 cm³/mol. The number of carbonyl (C=O) groups is 2. The number of rotatable bonds is 11. The molecule has 0 bridgehead atoms. The van der Waals surface area contributed by atoms with Crippen LogP contribution in [0.2, 0.25) is 10.0 Å². The smallest absolute Gasteiger partial charge is 0.306 e. The van der Waals surface area contributed by atoms with Gasteiger partial charge in [-0.2, -0.15) is 0 Å². The van der Waals surface area contributed by atoms with Gasteiger partial charge in [-0.25, -0.2) is 8.42 Å². The Morgan fingerprint density at radius 3 is 2.35 bits per heavy atom. The van der Waals surface area contributed by atoms with E-state index in [1.807, 2.05) is 6.92 Å². The van der Waals surface area contributed by atoms with Crippen molar-refractivity contribution in [3.63, 3.8) is 0 Å². The lowest BCUT2D eigenvalue weighted by Crippen LogP contribution is -2.56. The number of nitrogens with zero attached hydrogens (tertiary/aromatic N) is 2. The van der Waals surface area contributed by atoms with E-state index < -0.39 is 52.4 Å². The molecule has 0 radical (unpaired) electrons. The fourth-order valence-corrected chi connectivity index (χ4v) is 6.61. The van der Waals surface area contributed by atoms with Crippen LogP contribution in [-0.2, 0) is 24.2 Å². The summed E-state index contributed by atoms with van der Waals surface area (Å²) < 4.78 is 32.3. The maximum atomic E-state index is 13.8. The van der Waals surface area contributed by atoms with Crippen molar-refractivity contribution in [2.24, 2.45) is 0 Å². The van der Waals surface area contributed by atoms with Gasteiger partial charge in [0.1, 0.15) is 12.2 Å². The van der Waals surface area contributed by atoms with E-state index in [0.29, 0.717) is 34.1 Å². The molecule has 1 heterocycles. The molecule has 3 rings (SSSR count). The maximum absolute atomic E-state index is 13.8. The molecule has 1 aliphatic heterocycles. The largest absolute Gasteiger partial charge is 0.481 e. The predicted octanol–water partition coefficient (Wildman–Crippen LogP) is 4.23. The van der Waals surface area contributed by atoms with Crippen molar-refractivity contribution < 1.29 is 27.9 Å². The Hall–Kier alpha value is -2.17. The summed E-state index contributed by atoms with van der Waals surface area (Å²) in [6.45, 7) is 2.16. The fraction of sp³-hybridized carbons (Fsp3) is 0.462. The van der Waals surface area contributed by atoms with E-state index in [9.17, 15) is 23.1 Å². The average Bonchev–Trinajstić information content (AvgIpc) is 2.83. The van der Waals surface area contributed by atoms with Crippen molar-refractivity contribution in [1.29, 1.82) is 0 Å². The van der Waals surface area contributed by atoms with Crippen molar-refractivity contribution in [2.45, 2.75) is 44.1 Å². The summed E-state index contributed by atoms with van der Waals surface area (Å²) in [4.78, 5) is 28.7. The van der Waals surface area contributed by atoms with Gasteiger partial charge in [0.2, 0.25) is 0 Å². The minimum Gasteiger partial charge on any atom is -0.481 e. The van der Waals surface area contributed by atoms with E-state index in [4.69, 9.17) is 27.9 Å². The Morgan fingerprint density at radius 1 is 1.11 bits per heavy atom. The highest BCUT2D eigenvalue weighted by molar-refractivity contribution is 7.91. The number of halogens is 2. The lowest BCUT2D eigenvalue weighted by atomic mass is 9.89. The summed E-state index contributed by atoms with van der Waals surface area (Å²) in [5.74, 6) is -2.07. The number of carbonyl (C=O) groups excluding carboxylic acids is 1. The van der Waals surface area contributed by atoms with E-state index in [2.05, 4.69) is 0 Å². The van der Waals surface area contributed by atoms with Crippen molar-refractivity contribution in [3.8, 4) is 0 Å². The summed E-state index contributed by atoms with van der Waals surface area (Å²) in [5, 5.41) is 10.5. The number of aliphatic carboxylic acids is 1. The van der Waals surface area contributed by atoms with Crippen molar-refractivity contribution in [1.82, 2.24) is 9.80 Å². The van der Waals surface area contributed by atoms with Crippen LogP contribution in [-0.4, -0.2) is 79.5 Å². The number of hydrogen-bond acceptors (Lipinski definition) is 6. The molecule has 0 spiro atoms. The number of carboxylic acid groups (broad SMARTS) is 1. The van der Waals surface area contributed by atoms with Crippen LogP contribution in [0.1, 0.15) is 43.0 Å². The minimum absolute atomic E-state index is 0.0586. The van der Waals surface area contributed by atoms with Crippen molar-refractivity contribution in [3.05, 3.63) is 69.7 Å². The number of carboxylic acids is 1. The van der Waals surface area contributed by atoms with Gasteiger partial charge in [-0.3, -0.25) is 9.59 Å². The molecule has 11 heteroatoms. The first-order valence-electron chi connectivity index (χ1n) is 12.0. The molecular weight excluding hydrogens is 539 g/mol. The number of morpholine rings is 1. The molecule has 4 unspecified atom stereocenters. The molecule has 0 aliphatic carbocycles. The summed E-state index contributed by atoms with van der Waals surface area (Å²) >= 11 is 12.4. The van der Waals surface area contributed by atoms with Gasteiger partial charge in [0, 0.05) is 22.6 Å². The Kier molecular flexibility index (Phi) is 9.99. The zero-order valence-electron chi connectivity index (χ0n) is 21.0. The van der Waals surface area contributed by atoms with Crippen molar-refractivity contribution in [2.75, 3.05) is 32.1 Å². The highest BCUT2D eigenvalue weighted by Gasteiger charge is 2.47. The van der Waals surface area contributed by atoms with E-state index in [1.165, 1.54) is 4.90 Å². The van der Waals surface area contributed by atoms with Gasteiger partial charge in [-0.15, -0.1) is 0 Å². The van der Waals surface area contributed by atoms with Gasteiger partial charge in [0.05, 0.1) is 24.0 Å². The van der Waals surface area contributed by atoms with Crippen LogP contribution in [0.25, 0.3) is 0 Å². The van der Waals surface area contributed by atoms with Gasteiger partial charge in [-0.1, -0.05) is 54.4 Å². The molecule has 1 aliphatic rings. The normalized spacial score (nSPS) is 21.3. The Balaban J connectivity index is 2.14. The lowest BCUT2D eigenvalue weighted by molar-refractivity contribution is -0.182. The summed E-state index contributed by atoms with van der Waals surface area (Å²) in [7, 11) is 0.0479. The number of sulfone groups is 1. The van der Waals surface area contributed by atoms with Gasteiger partial charge in [0.15, 0.2) is 9.84 Å². The summed E-state index contributed by atoms with van der Waals surface area (Å²) in [5.41, 5.74) is 1.33. The SMILES string of the molecule is CCC(CS(=O)(=O)CCN(C)C)N1C(=O)C(CC(=O)O)OC(c2cccc(Cl)c2)C1c1ccc(Cl)cc1. The molecule has 1 fully saturated rings. The molecule has 2 aromatic carbocycles. The van der Waals surface area contributed by atoms with Crippen LogP contribution in [0.3, 0.4) is 0 Å². The number of hydrogen-bond donors (Lipinski definition) is 1. The molecule has 2 aromatic rings. The third-order valence-electron chi connectivity index (χ3n) is 6.34. The topological polar surface area (TPSA) is 104 Å². The molecule has 202 valence electrons. The number of benzene rings is 2. The number of ether oxygens (including phenoxy) is 1. The van der Waals surface area contributed by atoms with Gasteiger partial charge in [-0.05, 0) is 55.9 Å². The first-order chi connectivity index (χ1) is 17.4. The second kappa shape index (κ2) is 12.6. The molecule has 8 nitrogen and oxygen atoms in total. The number of amides is 1. The Labute approximate surface area is 228 Å². The second-order valence-corrected chi connectivity index (χ2v) is 12.5. The van der Waals surface area contributed by atoms with E-state index in [0.717, 1.165) is 0 Å². The zero-order valence-corrected chi connectivity index (χ0v) is 23.3. The van der Waals surface area contributed by atoms with E-state index >= 15 is 0 Å². The maximum Gasteiger partial charge on any atom is 0.306 e. The van der Waals surface area contributed by atoms with E-state index in [1.54, 1.807) is 67.5 Å². The Bertz CT molecular complexity index is 1210. The van der Waals surface area contributed by atoms with Gasteiger partial charge in [0.25, 0.3) is 5.91 Å². The van der Waals surface area contributed by atoms with Gasteiger partial charge >= 0.3 is 5.97 Å². The van der Waals surface area contributed by atoms with Crippen LogP contribution in [0.5, 0.6) is 0 Å². The molecule has 1 amide bonds. The average molecular weight is 572 g/mol. The standard InChI is InChI=1S/C26H32Cl2N2O6S/c1-4-21(16-37(34,35)13-12-29(2)3)30-24(17-8-10-19(27)11-9-17)25(18-6-5-7-20(28)14-18)36-22(26(30)33)15-23(31)32/h5-11,14,21-22,24-25H,4,12-13,15-16H2,1-3H3,(H,31,32). The quantitative estimate of drug-likeness (QED) is 0.431. The molecule has 4 atom stereocenters. The van der Waals surface area contributed by atoms with Crippen LogP contribution >= 0.6 is 23.2 Å². The molecule has 1 N–H and O–H groups in total. The van der Waals surface area contributed by atoms with Crippen LogP contribution in [0.4, 0.5) is 0 Å². The molecular formula is C26H32Cl2N2O6S. The zero-order chi connectivity index (χ0) is 27.3. The van der Waals surface area contributed by atoms with Crippen LogP contribution < -0.4 is 0 Å². The lowest BCUT2D eigenvalue weighted by Gasteiger charge is -2.48. The third kappa shape index (κ3) is 7.67. The monoisotopic (exact) mass is 570 g/mol. The van der Waals surface area contributed by atoms with Crippen molar-refractivity contribution >= 4 is 44.9 Å². The molecule has 1 saturated heterocycles. The van der Waals surface area contributed by atoms with Crippen LogP contribution in [0.15, 0.2) is 48.5 Å². The van der Waals surface area contributed by atoms with Gasteiger partial charge < -0.3 is 19.6 Å². The fourth-order valence-electron chi connectivity index (χ4n) is 4.49. The highest BCUT2D eigenvalue weighted by Crippen LogP contribution is 2.44. The highest BCUT2D eigenvalue weighted by atomic mass is 35.5. The minimum atomic E-state index is -3.54. The molecule has 0 saturated carbocycles. The first kappa shape index (κ1) is 29.4. The second-order valence-electron chi connectivity index (χ2n) is 9.42. The third-order valence-corrected chi connectivity index (χ3v) is 8.52. The molecule has 0 aromatic heterocycles. The summed E-state index contributed by atoms with van der Waals surface area (Å²) in [6, 6.07) is 12.4. The molecule has 37 heavy (non-hydrogen) atoms. The van der Waals surface area contributed by atoms with Crippen LogP contribution in [0, 0.1) is 0 Å².